The molecule has 0 bridgehead atoms. The van der Waals surface area contributed by atoms with E-state index < -0.39 is 11.8 Å². The average molecular weight is 472 g/mol. The first-order chi connectivity index (χ1) is 15.3. The van der Waals surface area contributed by atoms with Crippen LogP contribution in [0, 0.1) is 6.92 Å². The highest BCUT2D eigenvalue weighted by atomic mass is 35.5. The minimum atomic E-state index is -0.909. The van der Waals surface area contributed by atoms with Crippen LogP contribution >= 0.6 is 12.4 Å². The molecule has 1 fully saturated rings. The van der Waals surface area contributed by atoms with E-state index in [1.54, 1.807) is 18.4 Å². The Hall–Kier alpha value is -3.04. The molecule has 1 saturated heterocycles. The number of imidazole rings is 1. The van der Waals surface area contributed by atoms with Crippen LogP contribution in [0.2, 0.25) is 0 Å². The van der Waals surface area contributed by atoms with E-state index in [1.807, 2.05) is 48.4 Å². The quantitative estimate of drug-likeness (QED) is 0.457. The first kappa shape index (κ1) is 23.1. The molecule has 5 rings (SSSR count). The molecule has 2 N–H and O–H groups in total. The van der Waals surface area contributed by atoms with Crippen LogP contribution in [0.15, 0.2) is 36.5 Å². The highest BCUT2D eigenvalue weighted by Gasteiger charge is 2.25. The van der Waals surface area contributed by atoms with Gasteiger partial charge in [-0.2, -0.15) is 0 Å². The fourth-order valence-electron chi connectivity index (χ4n) is 3.93. The summed E-state index contributed by atoms with van der Waals surface area (Å²) in [6.07, 6.45) is 1.46. The highest BCUT2D eigenvalue weighted by Crippen LogP contribution is 2.29. The third-order valence-corrected chi connectivity index (χ3v) is 5.57. The van der Waals surface area contributed by atoms with Crippen LogP contribution in [-0.4, -0.2) is 61.1 Å². The number of nitrogens with zero attached hydrogens (tertiary/aromatic N) is 6. The lowest BCUT2D eigenvalue weighted by Gasteiger charge is -2.21. The Labute approximate surface area is 197 Å². The Morgan fingerprint density at radius 3 is 2.58 bits per heavy atom. The monoisotopic (exact) mass is 471 g/mol. The van der Waals surface area contributed by atoms with E-state index in [0.29, 0.717) is 48.9 Å². The Morgan fingerprint density at radius 1 is 1.18 bits per heavy atom. The van der Waals surface area contributed by atoms with Crippen molar-refractivity contribution in [2.24, 2.45) is 0 Å². The standard InChI is InChI=1S/C23H26FN7O.ClH/c1-14-21(27-17-7-5-4-6-16(17)26-14)19-12-31-22(28-19)18(25-13-23(2,3)32)10-20(29-31)30-9-8-15(24)11-30;/h4-7,10,12,15,25,32H,8-9,11,13H2,1-3H3;1H/t15-;/m1./s1. The van der Waals surface area contributed by atoms with Gasteiger partial charge in [-0.25, -0.2) is 23.9 Å². The van der Waals surface area contributed by atoms with Gasteiger partial charge in [0.2, 0.25) is 0 Å². The minimum absolute atomic E-state index is 0. The zero-order chi connectivity index (χ0) is 22.5. The molecule has 0 saturated carbocycles. The molecule has 0 unspecified atom stereocenters. The summed E-state index contributed by atoms with van der Waals surface area (Å²) in [6, 6.07) is 9.60. The Bertz CT molecular complexity index is 1300. The Balaban J connectivity index is 0.00000259. The van der Waals surface area contributed by atoms with Gasteiger partial charge in [0.15, 0.2) is 11.5 Å². The van der Waals surface area contributed by atoms with Gasteiger partial charge in [-0.05, 0) is 39.3 Å². The summed E-state index contributed by atoms with van der Waals surface area (Å²) in [6.45, 7) is 6.64. The molecule has 4 heterocycles. The van der Waals surface area contributed by atoms with Crippen molar-refractivity contribution in [1.29, 1.82) is 0 Å². The van der Waals surface area contributed by atoms with Crippen LogP contribution in [0.1, 0.15) is 26.0 Å². The summed E-state index contributed by atoms with van der Waals surface area (Å²) in [5, 5.41) is 18.2. The molecule has 1 atom stereocenters. The van der Waals surface area contributed by atoms with E-state index in [9.17, 15) is 9.50 Å². The number of halogens is 2. The lowest BCUT2D eigenvalue weighted by molar-refractivity contribution is 0.0945. The summed E-state index contributed by atoms with van der Waals surface area (Å²) in [4.78, 5) is 16.2. The molecule has 0 amide bonds. The van der Waals surface area contributed by atoms with Crippen molar-refractivity contribution in [3.05, 3.63) is 42.2 Å². The summed E-state index contributed by atoms with van der Waals surface area (Å²) < 4.78 is 15.5. The van der Waals surface area contributed by atoms with Gasteiger partial charge in [0.1, 0.15) is 17.6 Å². The molecule has 1 aromatic carbocycles. The number of alkyl halides is 1. The van der Waals surface area contributed by atoms with Crippen LogP contribution < -0.4 is 10.2 Å². The molecule has 1 aliphatic heterocycles. The summed E-state index contributed by atoms with van der Waals surface area (Å²) in [7, 11) is 0. The zero-order valence-corrected chi connectivity index (χ0v) is 19.6. The first-order valence-electron chi connectivity index (χ1n) is 10.8. The molecule has 8 nitrogen and oxygen atoms in total. The summed E-state index contributed by atoms with van der Waals surface area (Å²) in [5.74, 6) is 0.668. The number of rotatable bonds is 5. The van der Waals surface area contributed by atoms with Gasteiger partial charge in [0.05, 0.1) is 40.8 Å². The maximum Gasteiger partial charge on any atom is 0.177 e. The van der Waals surface area contributed by atoms with Gasteiger partial charge in [0.25, 0.3) is 0 Å². The second-order valence-corrected chi connectivity index (χ2v) is 8.95. The van der Waals surface area contributed by atoms with E-state index in [-0.39, 0.29) is 12.4 Å². The van der Waals surface area contributed by atoms with Crippen molar-refractivity contribution in [3.63, 3.8) is 0 Å². The third-order valence-electron chi connectivity index (χ3n) is 5.57. The Kier molecular flexibility index (Phi) is 6.11. The van der Waals surface area contributed by atoms with E-state index in [0.717, 1.165) is 22.4 Å². The van der Waals surface area contributed by atoms with Crippen molar-refractivity contribution in [1.82, 2.24) is 24.6 Å². The number of aryl methyl sites for hydroxylation is 1. The fourth-order valence-corrected chi connectivity index (χ4v) is 3.93. The van der Waals surface area contributed by atoms with Crippen LogP contribution in [-0.2, 0) is 0 Å². The molecule has 174 valence electrons. The molecule has 10 heteroatoms. The van der Waals surface area contributed by atoms with E-state index in [2.05, 4.69) is 10.3 Å². The van der Waals surface area contributed by atoms with E-state index >= 15 is 0 Å². The average Bonchev–Trinajstić information content (AvgIpc) is 3.37. The van der Waals surface area contributed by atoms with Gasteiger partial charge in [-0.3, -0.25) is 0 Å². The molecule has 0 spiro atoms. The molecule has 1 aliphatic rings. The maximum absolute atomic E-state index is 13.8. The number of anilines is 2. The highest BCUT2D eigenvalue weighted by molar-refractivity contribution is 5.85. The van der Waals surface area contributed by atoms with Gasteiger partial charge >= 0.3 is 0 Å². The van der Waals surface area contributed by atoms with Gasteiger partial charge in [-0.1, -0.05) is 12.1 Å². The van der Waals surface area contributed by atoms with Crippen LogP contribution in [0.4, 0.5) is 15.9 Å². The largest absolute Gasteiger partial charge is 0.389 e. The second-order valence-electron chi connectivity index (χ2n) is 8.95. The van der Waals surface area contributed by atoms with Crippen LogP contribution in [0.25, 0.3) is 28.1 Å². The third kappa shape index (κ3) is 4.69. The van der Waals surface area contributed by atoms with Gasteiger partial charge < -0.3 is 15.3 Å². The molecular weight excluding hydrogens is 445 g/mol. The van der Waals surface area contributed by atoms with Crippen molar-refractivity contribution in [3.8, 4) is 11.4 Å². The summed E-state index contributed by atoms with van der Waals surface area (Å²) >= 11 is 0. The van der Waals surface area contributed by atoms with Gasteiger partial charge in [-0.15, -0.1) is 17.5 Å². The zero-order valence-electron chi connectivity index (χ0n) is 18.8. The van der Waals surface area contributed by atoms with E-state index in [4.69, 9.17) is 15.1 Å². The molecule has 4 aromatic rings. The number of aromatic nitrogens is 5. The lowest BCUT2D eigenvalue weighted by atomic mass is 10.1. The summed E-state index contributed by atoms with van der Waals surface area (Å²) in [5.41, 5.74) is 4.17. The van der Waals surface area contributed by atoms with Crippen molar-refractivity contribution in [2.45, 2.75) is 39.0 Å². The minimum Gasteiger partial charge on any atom is -0.389 e. The maximum atomic E-state index is 13.8. The number of para-hydroxylation sites is 2. The SMILES string of the molecule is Cc1nc2ccccc2nc1-c1cn2nc(N3CC[C@@H](F)C3)cc(NCC(C)(C)O)c2n1.Cl. The molecule has 33 heavy (non-hydrogen) atoms. The molecular formula is C23H27ClFN7O. The Morgan fingerprint density at radius 2 is 1.91 bits per heavy atom. The molecule has 0 aliphatic carbocycles. The van der Waals surface area contributed by atoms with Crippen molar-refractivity contribution < 1.29 is 9.50 Å². The first-order valence-corrected chi connectivity index (χ1v) is 10.8. The second kappa shape index (κ2) is 8.72. The number of benzene rings is 1. The predicted molar refractivity (Wildman–Crippen MR) is 130 cm³/mol. The topological polar surface area (TPSA) is 91.5 Å². The predicted octanol–water partition coefficient (Wildman–Crippen LogP) is 3.80. The number of fused-ring (bicyclic) bond motifs is 2. The van der Waals surface area contributed by atoms with E-state index in [1.165, 1.54) is 0 Å². The molecule has 0 radical (unpaired) electrons. The number of aliphatic hydroxyl groups is 1. The lowest BCUT2D eigenvalue weighted by Crippen LogP contribution is -2.30. The van der Waals surface area contributed by atoms with Crippen LogP contribution in [0.3, 0.4) is 0 Å². The number of hydrogen-bond acceptors (Lipinski definition) is 7. The number of hydrogen-bond donors (Lipinski definition) is 2. The van der Waals surface area contributed by atoms with Gasteiger partial charge in [0, 0.05) is 19.2 Å². The van der Waals surface area contributed by atoms with Crippen LogP contribution in [0.5, 0.6) is 0 Å². The normalized spacial score (nSPS) is 16.4. The molecule has 3 aromatic heterocycles. The smallest absolute Gasteiger partial charge is 0.177 e. The van der Waals surface area contributed by atoms with Crippen molar-refractivity contribution in [2.75, 3.05) is 29.9 Å². The van der Waals surface area contributed by atoms with Crippen molar-refractivity contribution >= 4 is 40.6 Å². The number of nitrogens with one attached hydrogen (secondary N) is 1. The fraction of sp³-hybridized carbons (Fsp3) is 0.391.